The van der Waals surface area contributed by atoms with E-state index in [1.54, 1.807) is 12.1 Å². The second kappa shape index (κ2) is 5.15. The summed E-state index contributed by atoms with van der Waals surface area (Å²) in [6, 6.07) is 4.89. The molecule has 0 amide bonds. The molecule has 1 aromatic rings. The van der Waals surface area contributed by atoms with Crippen LogP contribution in [0, 0.1) is 5.82 Å². The minimum absolute atomic E-state index is 0.129. The van der Waals surface area contributed by atoms with E-state index in [0.29, 0.717) is 10.2 Å². The number of hydrogen-bond donors (Lipinski definition) is 0. The highest BCUT2D eigenvalue weighted by Gasteiger charge is 2.20. The Morgan fingerprint density at radius 1 is 1.38 bits per heavy atom. The van der Waals surface area contributed by atoms with Crippen LogP contribution in [0.1, 0.15) is 12.8 Å². The molecule has 1 saturated heterocycles. The maximum atomic E-state index is 13.5. The van der Waals surface area contributed by atoms with Crippen molar-refractivity contribution < 1.29 is 9.13 Å². The van der Waals surface area contributed by atoms with Gasteiger partial charge in [-0.25, -0.2) is 4.39 Å². The van der Waals surface area contributed by atoms with E-state index in [1.807, 2.05) is 0 Å². The number of rotatable bonds is 2. The van der Waals surface area contributed by atoms with E-state index in [4.69, 9.17) is 4.74 Å². The van der Waals surface area contributed by atoms with E-state index in [0.717, 1.165) is 25.9 Å². The van der Waals surface area contributed by atoms with Gasteiger partial charge >= 0.3 is 0 Å². The van der Waals surface area contributed by atoms with Crippen LogP contribution in [-0.2, 0) is 0 Å². The topological polar surface area (TPSA) is 12.5 Å². The van der Waals surface area contributed by atoms with Crippen LogP contribution in [0.25, 0.3) is 0 Å². The maximum Gasteiger partial charge on any atom is 0.169 e. The highest BCUT2D eigenvalue weighted by molar-refractivity contribution is 9.10. The first-order valence-corrected chi connectivity index (χ1v) is 6.25. The normalized spacial score (nSPS) is 18.7. The fourth-order valence-electron chi connectivity index (χ4n) is 1.86. The molecule has 0 aliphatic carbocycles. The Balaban J connectivity index is 2.04. The van der Waals surface area contributed by atoms with Gasteiger partial charge in [0.2, 0.25) is 0 Å². The van der Waals surface area contributed by atoms with E-state index in [2.05, 4.69) is 27.9 Å². The van der Waals surface area contributed by atoms with Crippen molar-refractivity contribution in [2.45, 2.75) is 18.9 Å². The third-order valence-corrected chi connectivity index (χ3v) is 3.49. The number of likely N-dealkylation sites (tertiary alicyclic amines) is 1. The molecule has 88 valence electrons. The van der Waals surface area contributed by atoms with Crippen LogP contribution in [0.4, 0.5) is 4.39 Å². The Kier molecular flexibility index (Phi) is 3.82. The number of piperidine rings is 1. The summed E-state index contributed by atoms with van der Waals surface area (Å²) in [7, 11) is 2.09. The third-order valence-electron chi connectivity index (χ3n) is 2.87. The number of benzene rings is 1. The number of nitrogens with zero attached hydrogens (tertiary/aromatic N) is 1. The zero-order valence-corrected chi connectivity index (χ0v) is 10.8. The quantitative estimate of drug-likeness (QED) is 0.829. The Morgan fingerprint density at radius 2 is 2.06 bits per heavy atom. The predicted molar refractivity (Wildman–Crippen MR) is 65.2 cm³/mol. The molecule has 2 rings (SSSR count). The molecule has 0 atom stereocenters. The molecule has 0 aromatic heterocycles. The molecule has 1 aliphatic rings. The molecule has 1 aliphatic heterocycles. The first-order valence-electron chi connectivity index (χ1n) is 5.46. The molecule has 0 N–H and O–H groups in total. The molecule has 1 fully saturated rings. The first-order chi connectivity index (χ1) is 7.66. The SMILES string of the molecule is CN1CCC(Oc2c(F)cccc2Br)CC1. The van der Waals surface area contributed by atoms with Gasteiger partial charge in [-0.05, 0) is 48.0 Å². The van der Waals surface area contributed by atoms with Crippen LogP contribution >= 0.6 is 15.9 Å². The molecular formula is C12H15BrFNO. The molecule has 0 unspecified atom stereocenters. The standard InChI is InChI=1S/C12H15BrFNO/c1-15-7-5-9(6-8-15)16-12-10(13)3-2-4-11(12)14/h2-4,9H,5-8H2,1H3. The lowest BCUT2D eigenvalue weighted by Crippen LogP contribution is -2.35. The van der Waals surface area contributed by atoms with Gasteiger partial charge in [0.1, 0.15) is 6.10 Å². The average Bonchev–Trinajstić information content (AvgIpc) is 2.26. The molecule has 1 heterocycles. The van der Waals surface area contributed by atoms with Gasteiger partial charge in [0.05, 0.1) is 4.47 Å². The van der Waals surface area contributed by atoms with Gasteiger partial charge in [-0.2, -0.15) is 0 Å². The monoisotopic (exact) mass is 287 g/mol. The van der Waals surface area contributed by atoms with Crippen LogP contribution in [0.5, 0.6) is 5.75 Å². The van der Waals surface area contributed by atoms with Crippen molar-refractivity contribution >= 4 is 15.9 Å². The average molecular weight is 288 g/mol. The summed E-state index contributed by atoms with van der Waals surface area (Å²) in [5, 5.41) is 0. The van der Waals surface area contributed by atoms with Crippen molar-refractivity contribution in [1.29, 1.82) is 0 Å². The van der Waals surface area contributed by atoms with Gasteiger partial charge in [-0.3, -0.25) is 0 Å². The van der Waals surface area contributed by atoms with E-state index in [-0.39, 0.29) is 11.9 Å². The molecule has 16 heavy (non-hydrogen) atoms. The fraction of sp³-hybridized carbons (Fsp3) is 0.500. The van der Waals surface area contributed by atoms with Gasteiger partial charge in [-0.15, -0.1) is 0 Å². The van der Waals surface area contributed by atoms with Crippen molar-refractivity contribution in [3.05, 3.63) is 28.5 Å². The molecule has 2 nitrogen and oxygen atoms in total. The van der Waals surface area contributed by atoms with Gasteiger partial charge in [0.15, 0.2) is 11.6 Å². The molecule has 0 saturated carbocycles. The van der Waals surface area contributed by atoms with Crippen LogP contribution in [0.3, 0.4) is 0 Å². The summed E-state index contributed by atoms with van der Waals surface area (Å²) in [6.07, 6.45) is 2.04. The largest absolute Gasteiger partial charge is 0.486 e. The Bertz CT molecular complexity index is 344. The second-order valence-corrected chi connectivity index (χ2v) is 5.03. The molecular weight excluding hydrogens is 273 g/mol. The smallest absolute Gasteiger partial charge is 0.169 e. The molecule has 4 heteroatoms. The second-order valence-electron chi connectivity index (χ2n) is 4.17. The lowest BCUT2D eigenvalue weighted by molar-refractivity contribution is 0.109. The number of hydrogen-bond acceptors (Lipinski definition) is 2. The summed E-state index contributed by atoms with van der Waals surface area (Å²) < 4.78 is 19.9. The van der Waals surface area contributed by atoms with Crippen molar-refractivity contribution in [1.82, 2.24) is 4.90 Å². The van der Waals surface area contributed by atoms with Crippen LogP contribution in [0.15, 0.2) is 22.7 Å². The summed E-state index contributed by atoms with van der Waals surface area (Å²) in [4.78, 5) is 2.26. The van der Waals surface area contributed by atoms with E-state index in [9.17, 15) is 4.39 Å². The number of ether oxygens (including phenoxy) is 1. The van der Waals surface area contributed by atoms with Crippen LogP contribution in [0.2, 0.25) is 0 Å². The van der Waals surface area contributed by atoms with E-state index < -0.39 is 0 Å². The molecule has 0 spiro atoms. The van der Waals surface area contributed by atoms with Crippen molar-refractivity contribution in [3.8, 4) is 5.75 Å². The molecule has 1 aromatic carbocycles. The van der Waals surface area contributed by atoms with Gasteiger partial charge in [0.25, 0.3) is 0 Å². The van der Waals surface area contributed by atoms with E-state index >= 15 is 0 Å². The molecule has 0 bridgehead atoms. The first kappa shape index (κ1) is 11.9. The lowest BCUT2D eigenvalue weighted by Gasteiger charge is -2.29. The number of para-hydroxylation sites is 1. The summed E-state index contributed by atoms with van der Waals surface area (Å²) in [5.74, 6) is 0.0466. The predicted octanol–water partition coefficient (Wildman–Crippen LogP) is 3.06. The summed E-state index contributed by atoms with van der Waals surface area (Å²) in [5.41, 5.74) is 0. The highest BCUT2D eigenvalue weighted by atomic mass is 79.9. The zero-order valence-electron chi connectivity index (χ0n) is 9.25. The van der Waals surface area contributed by atoms with Crippen LogP contribution < -0.4 is 4.74 Å². The Morgan fingerprint density at radius 3 is 2.69 bits per heavy atom. The minimum Gasteiger partial charge on any atom is -0.486 e. The zero-order chi connectivity index (χ0) is 11.5. The van der Waals surface area contributed by atoms with Crippen molar-refractivity contribution in [2.24, 2.45) is 0 Å². The Labute approximate surface area is 104 Å². The maximum absolute atomic E-state index is 13.5. The summed E-state index contributed by atoms with van der Waals surface area (Å²) in [6.45, 7) is 2.02. The Hall–Kier alpha value is -0.610. The summed E-state index contributed by atoms with van der Waals surface area (Å²) >= 11 is 3.31. The van der Waals surface area contributed by atoms with Crippen LogP contribution in [-0.4, -0.2) is 31.1 Å². The lowest BCUT2D eigenvalue weighted by atomic mass is 10.1. The van der Waals surface area contributed by atoms with Crippen molar-refractivity contribution in [2.75, 3.05) is 20.1 Å². The van der Waals surface area contributed by atoms with Gasteiger partial charge in [0, 0.05) is 13.1 Å². The van der Waals surface area contributed by atoms with Crippen molar-refractivity contribution in [3.63, 3.8) is 0 Å². The van der Waals surface area contributed by atoms with E-state index in [1.165, 1.54) is 6.07 Å². The molecule has 0 radical (unpaired) electrons. The van der Waals surface area contributed by atoms with Gasteiger partial charge < -0.3 is 9.64 Å². The fourth-order valence-corrected chi connectivity index (χ4v) is 2.30. The highest BCUT2D eigenvalue weighted by Crippen LogP contribution is 2.30. The van der Waals surface area contributed by atoms with Gasteiger partial charge in [-0.1, -0.05) is 6.07 Å². The number of halogens is 2. The minimum atomic E-state index is -0.298. The third kappa shape index (κ3) is 2.74.